The minimum atomic E-state index is -0.761. The van der Waals surface area contributed by atoms with Crippen LogP contribution in [0.1, 0.15) is 35.4 Å². The maximum absolute atomic E-state index is 13.2. The lowest BCUT2D eigenvalue weighted by atomic mass is 9.80. The van der Waals surface area contributed by atoms with Gasteiger partial charge in [-0.1, -0.05) is 12.1 Å². The fourth-order valence-electron chi connectivity index (χ4n) is 4.11. The van der Waals surface area contributed by atoms with Gasteiger partial charge in [-0.3, -0.25) is 14.3 Å². The van der Waals surface area contributed by atoms with Gasteiger partial charge in [0.05, 0.1) is 36.9 Å². The van der Waals surface area contributed by atoms with E-state index in [4.69, 9.17) is 5.11 Å². The molecule has 2 aromatic rings. The van der Waals surface area contributed by atoms with Gasteiger partial charge in [0.2, 0.25) is 5.91 Å². The molecule has 0 bridgehead atoms. The molecule has 2 aliphatic rings. The first kappa shape index (κ1) is 19.6. The van der Waals surface area contributed by atoms with Gasteiger partial charge < -0.3 is 15.3 Å². The molecule has 2 heterocycles. The van der Waals surface area contributed by atoms with Crippen molar-refractivity contribution in [1.29, 1.82) is 0 Å². The second-order valence-electron chi connectivity index (χ2n) is 7.94. The highest BCUT2D eigenvalue weighted by Gasteiger charge is 2.35. The molecular weight excluding hydrogens is 375 g/mol. The molecule has 0 atom stereocenters. The first-order valence-electron chi connectivity index (χ1n) is 9.94. The molecule has 1 aliphatic carbocycles. The van der Waals surface area contributed by atoms with Crippen LogP contribution in [0.15, 0.2) is 24.3 Å². The van der Waals surface area contributed by atoms with Gasteiger partial charge in [-0.25, -0.2) is 4.39 Å². The van der Waals surface area contributed by atoms with E-state index in [0.29, 0.717) is 32.5 Å². The Bertz CT molecular complexity index is 919. The van der Waals surface area contributed by atoms with Crippen LogP contribution in [0.3, 0.4) is 0 Å². The molecule has 8 heteroatoms. The fraction of sp³-hybridized carbons (Fsp3) is 0.476. The summed E-state index contributed by atoms with van der Waals surface area (Å²) in [4.78, 5) is 25.4. The number of fused-ring (bicyclic) bond motifs is 1. The van der Waals surface area contributed by atoms with Gasteiger partial charge in [0.1, 0.15) is 5.82 Å². The summed E-state index contributed by atoms with van der Waals surface area (Å²) in [5.74, 6) is -1.30. The van der Waals surface area contributed by atoms with E-state index < -0.39 is 5.97 Å². The zero-order valence-electron chi connectivity index (χ0n) is 16.4. The predicted molar refractivity (Wildman–Crippen MR) is 104 cm³/mol. The zero-order chi connectivity index (χ0) is 20.5. The Kier molecular flexibility index (Phi) is 5.36. The van der Waals surface area contributed by atoms with Gasteiger partial charge in [-0.15, -0.1) is 0 Å². The zero-order valence-corrected chi connectivity index (χ0v) is 16.4. The first-order chi connectivity index (χ1) is 13.9. The summed E-state index contributed by atoms with van der Waals surface area (Å²) < 4.78 is 15.1. The van der Waals surface area contributed by atoms with Crippen LogP contribution in [0.2, 0.25) is 0 Å². The average Bonchev–Trinajstić information content (AvgIpc) is 2.97. The van der Waals surface area contributed by atoms with Crippen LogP contribution in [-0.4, -0.2) is 50.8 Å². The Morgan fingerprint density at radius 2 is 2.00 bits per heavy atom. The number of nitrogens with one attached hydrogen (secondary N) is 1. The van der Waals surface area contributed by atoms with Crippen molar-refractivity contribution in [3.05, 3.63) is 52.6 Å². The van der Waals surface area contributed by atoms with E-state index in [0.717, 1.165) is 23.4 Å². The van der Waals surface area contributed by atoms with E-state index in [9.17, 15) is 14.0 Å². The van der Waals surface area contributed by atoms with Crippen molar-refractivity contribution in [1.82, 2.24) is 20.0 Å². The smallest absolute Gasteiger partial charge is 0.306 e. The lowest BCUT2D eigenvalue weighted by Crippen LogP contribution is -2.49. The lowest BCUT2D eigenvalue weighted by Gasteiger charge is -2.34. The molecule has 0 radical (unpaired) electrons. The quantitative estimate of drug-likeness (QED) is 0.771. The molecule has 2 N–H and O–H groups in total. The van der Waals surface area contributed by atoms with E-state index in [1.54, 1.807) is 12.1 Å². The normalized spacial score (nSPS) is 20.8. The number of nitrogens with zero attached hydrogens (tertiary/aromatic N) is 3. The number of rotatable bonds is 6. The SMILES string of the molecule is Cc1nn(Cc2ccc(F)cc2)c2c1CCN(C(=O)CNC1CC(C(=O)O)C1)C2. The molecule has 0 unspecified atom stereocenters. The molecule has 0 spiro atoms. The Balaban J connectivity index is 1.38. The summed E-state index contributed by atoms with van der Waals surface area (Å²) >= 11 is 0. The van der Waals surface area contributed by atoms with Crippen LogP contribution >= 0.6 is 0 Å². The number of aryl methyl sites for hydroxylation is 1. The highest BCUT2D eigenvalue weighted by Crippen LogP contribution is 2.27. The minimum Gasteiger partial charge on any atom is -0.481 e. The van der Waals surface area contributed by atoms with Gasteiger partial charge in [-0.2, -0.15) is 5.10 Å². The Morgan fingerprint density at radius 1 is 1.28 bits per heavy atom. The van der Waals surface area contributed by atoms with E-state index in [1.165, 1.54) is 17.7 Å². The summed E-state index contributed by atoms with van der Waals surface area (Å²) in [7, 11) is 0. The maximum atomic E-state index is 13.2. The van der Waals surface area contributed by atoms with Crippen molar-refractivity contribution in [3.63, 3.8) is 0 Å². The van der Waals surface area contributed by atoms with Gasteiger partial charge >= 0.3 is 5.97 Å². The summed E-state index contributed by atoms with van der Waals surface area (Å²) in [5, 5.41) is 16.8. The van der Waals surface area contributed by atoms with Crippen LogP contribution in [-0.2, 0) is 29.1 Å². The molecule has 1 saturated carbocycles. The third kappa shape index (κ3) is 4.17. The molecule has 1 aromatic heterocycles. The van der Waals surface area contributed by atoms with E-state index in [1.807, 2.05) is 16.5 Å². The number of hydrogen-bond donors (Lipinski definition) is 2. The van der Waals surface area contributed by atoms with Crippen LogP contribution in [0.5, 0.6) is 0 Å². The van der Waals surface area contributed by atoms with Gasteiger partial charge in [0.25, 0.3) is 0 Å². The lowest BCUT2D eigenvalue weighted by molar-refractivity contribution is -0.145. The molecule has 29 heavy (non-hydrogen) atoms. The summed E-state index contributed by atoms with van der Waals surface area (Å²) in [6.07, 6.45) is 1.92. The van der Waals surface area contributed by atoms with Gasteiger partial charge in [0, 0.05) is 12.6 Å². The van der Waals surface area contributed by atoms with Gasteiger partial charge in [-0.05, 0) is 49.4 Å². The molecule has 1 amide bonds. The second kappa shape index (κ2) is 7.94. The number of carbonyl (C=O) groups excluding carboxylic acids is 1. The predicted octanol–water partition coefficient (Wildman–Crippen LogP) is 1.72. The summed E-state index contributed by atoms with van der Waals surface area (Å²) in [5.41, 5.74) is 4.15. The van der Waals surface area contributed by atoms with Gasteiger partial charge in [0.15, 0.2) is 0 Å². The average molecular weight is 400 g/mol. The largest absolute Gasteiger partial charge is 0.481 e. The number of hydrogen-bond acceptors (Lipinski definition) is 4. The van der Waals surface area contributed by atoms with Crippen molar-refractivity contribution >= 4 is 11.9 Å². The number of aliphatic carboxylic acids is 1. The van der Waals surface area contributed by atoms with Crippen LogP contribution in [0.4, 0.5) is 4.39 Å². The van der Waals surface area contributed by atoms with Crippen LogP contribution in [0, 0.1) is 18.7 Å². The van der Waals surface area contributed by atoms with Crippen molar-refractivity contribution < 1.29 is 19.1 Å². The maximum Gasteiger partial charge on any atom is 0.306 e. The number of carbonyl (C=O) groups is 2. The number of aromatic nitrogens is 2. The standard InChI is InChI=1S/C21H25FN4O3/c1-13-18-6-7-25(20(27)10-23-17-8-15(9-17)21(28)29)12-19(18)26(24-13)11-14-2-4-16(22)5-3-14/h2-5,15,17,23H,6-12H2,1H3,(H,28,29). The van der Waals surface area contributed by atoms with Crippen molar-refractivity contribution in [2.75, 3.05) is 13.1 Å². The van der Waals surface area contributed by atoms with E-state index in [2.05, 4.69) is 10.4 Å². The van der Waals surface area contributed by atoms with Crippen LogP contribution < -0.4 is 5.32 Å². The third-order valence-electron chi connectivity index (χ3n) is 5.97. The molecule has 7 nitrogen and oxygen atoms in total. The molecule has 154 valence electrons. The number of amides is 1. The topological polar surface area (TPSA) is 87.5 Å². The van der Waals surface area contributed by atoms with Crippen molar-refractivity contribution in [2.45, 2.75) is 45.3 Å². The summed E-state index contributed by atoms with van der Waals surface area (Å²) in [6, 6.07) is 6.48. The minimum absolute atomic E-state index is 0.0154. The molecule has 4 rings (SSSR count). The van der Waals surface area contributed by atoms with Crippen molar-refractivity contribution in [3.8, 4) is 0 Å². The number of benzene rings is 1. The van der Waals surface area contributed by atoms with Crippen molar-refractivity contribution in [2.24, 2.45) is 5.92 Å². The van der Waals surface area contributed by atoms with Crippen LogP contribution in [0.25, 0.3) is 0 Å². The Hall–Kier alpha value is -2.74. The Labute approximate surface area is 168 Å². The third-order valence-corrected chi connectivity index (χ3v) is 5.97. The number of halogens is 1. The highest BCUT2D eigenvalue weighted by atomic mass is 19.1. The number of carboxylic acids is 1. The Morgan fingerprint density at radius 3 is 2.69 bits per heavy atom. The molecule has 0 saturated heterocycles. The first-order valence-corrected chi connectivity index (χ1v) is 9.94. The van der Waals surface area contributed by atoms with E-state index in [-0.39, 0.29) is 30.2 Å². The molecular formula is C21H25FN4O3. The second-order valence-corrected chi connectivity index (χ2v) is 7.94. The monoisotopic (exact) mass is 400 g/mol. The van der Waals surface area contributed by atoms with E-state index >= 15 is 0 Å². The summed E-state index contributed by atoms with van der Waals surface area (Å²) in [6.45, 7) is 3.89. The molecule has 1 aliphatic heterocycles. The fourth-order valence-corrected chi connectivity index (χ4v) is 4.11. The molecule has 1 fully saturated rings. The molecule has 1 aromatic carbocycles. The number of carboxylic acid groups (broad SMARTS) is 1. The highest BCUT2D eigenvalue weighted by molar-refractivity contribution is 5.78.